The van der Waals surface area contributed by atoms with Gasteiger partial charge in [-0.1, -0.05) is 13.0 Å². The quantitative estimate of drug-likeness (QED) is 0.829. The molecule has 0 atom stereocenters. The Hall–Kier alpha value is -1.07. The molecule has 0 aliphatic heterocycles. The number of aryl methyl sites for hydroxylation is 1. The fraction of sp³-hybridized carbons (Fsp3) is 0.222. The maximum Gasteiger partial charge on any atom is 0.337 e. The molecule has 0 spiro atoms. The monoisotopic (exact) mass is 248 g/mol. The summed E-state index contributed by atoms with van der Waals surface area (Å²) in [6.07, 6.45) is 0.610. The first-order valence-corrected chi connectivity index (χ1v) is 6.48. The van der Waals surface area contributed by atoms with Crippen LogP contribution in [-0.4, -0.2) is 19.5 Å². The van der Waals surface area contributed by atoms with Crippen molar-refractivity contribution >= 4 is 25.7 Å². The molecule has 0 aliphatic rings. The van der Waals surface area contributed by atoms with E-state index in [1.807, 2.05) is 6.92 Å². The number of carboxylic acids is 1. The molecule has 0 unspecified atom stereocenters. The van der Waals surface area contributed by atoms with E-state index in [9.17, 15) is 13.2 Å². The summed E-state index contributed by atoms with van der Waals surface area (Å²) >= 11 is 0. The lowest BCUT2D eigenvalue weighted by Gasteiger charge is -2.04. The Bertz CT molecular complexity index is 493. The zero-order valence-electron chi connectivity index (χ0n) is 7.90. The van der Waals surface area contributed by atoms with Crippen LogP contribution in [0, 0.1) is 0 Å². The number of rotatable bonds is 3. The summed E-state index contributed by atoms with van der Waals surface area (Å²) in [6.45, 7) is 1.83. The van der Waals surface area contributed by atoms with Crippen LogP contribution in [0.4, 0.5) is 0 Å². The normalized spacial score (nSPS) is 11.3. The molecule has 0 saturated carbocycles. The van der Waals surface area contributed by atoms with Crippen LogP contribution >= 0.6 is 10.7 Å². The molecule has 0 aliphatic carbocycles. The van der Waals surface area contributed by atoms with E-state index in [4.69, 9.17) is 15.8 Å². The molecular weight excluding hydrogens is 240 g/mol. The highest BCUT2D eigenvalue weighted by atomic mass is 35.7. The van der Waals surface area contributed by atoms with E-state index in [0.717, 1.165) is 5.56 Å². The molecule has 82 valence electrons. The van der Waals surface area contributed by atoms with Crippen LogP contribution in [0.3, 0.4) is 0 Å². The van der Waals surface area contributed by atoms with Gasteiger partial charge in [-0.15, -0.1) is 0 Å². The smallest absolute Gasteiger partial charge is 0.337 e. The molecule has 1 aromatic rings. The lowest BCUT2D eigenvalue weighted by molar-refractivity contribution is 0.0692. The minimum absolute atomic E-state index is 0.304. The summed E-state index contributed by atoms with van der Waals surface area (Å²) in [5, 5.41) is 8.77. The molecule has 4 nitrogen and oxygen atoms in total. The summed E-state index contributed by atoms with van der Waals surface area (Å²) in [5.74, 6) is -1.31. The molecule has 0 heterocycles. The molecular formula is C9H9ClO4S. The van der Waals surface area contributed by atoms with Crippen molar-refractivity contribution in [3.05, 3.63) is 29.3 Å². The third kappa shape index (κ3) is 2.70. The topological polar surface area (TPSA) is 71.4 Å². The molecule has 0 bridgehead atoms. The second-order valence-corrected chi connectivity index (χ2v) is 5.46. The van der Waals surface area contributed by atoms with Gasteiger partial charge in [0.1, 0.15) is 0 Å². The van der Waals surface area contributed by atoms with Crippen LogP contribution in [0.25, 0.3) is 0 Å². The van der Waals surface area contributed by atoms with Crippen molar-refractivity contribution in [2.24, 2.45) is 0 Å². The Morgan fingerprint density at radius 1 is 1.47 bits per heavy atom. The number of hydrogen-bond acceptors (Lipinski definition) is 3. The fourth-order valence-corrected chi connectivity index (χ4v) is 2.26. The lowest BCUT2D eigenvalue weighted by atomic mass is 10.1. The number of aromatic carboxylic acids is 1. The van der Waals surface area contributed by atoms with Crippen molar-refractivity contribution in [3.63, 3.8) is 0 Å². The van der Waals surface area contributed by atoms with Gasteiger partial charge in [-0.05, 0) is 24.1 Å². The average molecular weight is 249 g/mol. The predicted molar refractivity (Wildman–Crippen MR) is 55.8 cm³/mol. The Kier molecular flexibility index (Phi) is 3.36. The highest BCUT2D eigenvalue weighted by Gasteiger charge is 2.20. The first kappa shape index (κ1) is 12.0. The highest BCUT2D eigenvalue weighted by molar-refractivity contribution is 8.13. The Balaban J connectivity index is 3.50. The zero-order valence-corrected chi connectivity index (χ0v) is 9.47. The van der Waals surface area contributed by atoms with Gasteiger partial charge in [0.25, 0.3) is 9.05 Å². The van der Waals surface area contributed by atoms with E-state index < -0.39 is 15.0 Å². The molecule has 1 aromatic carbocycles. The molecule has 15 heavy (non-hydrogen) atoms. The van der Waals surface area contributed by atoms with Crippen LogP contribution in [0.15, 0.2) is 23.1 Å². The fourth-order valence-electron chi connectivity index (χ4n) is 1.17. The minimum atomic E-state index is -4.02. The summed E-state index contributed by atoms with van der Waals surface area (Å²) in [4.78, 5) is 10.4. The summed E-state index contributed by atoms with van der Waals surface area (Å²) in [5.41, 5.74) is 0.418. The van der Waals surface area contributed by atoms with Crippen LogP contribution < -0.4 is 0 Å². The van der Waals surface area contributed by atoms with Gasteiger partial charge in [-0.2, -0.15) is 0 Å². The van der Waals surface area contributed by atoms with E-state index in [0.29, 0.717) is 6.42 Å². The van der Waals surface area contributed by atoms with E-state index in [1.165, 1.54) is 12.1 Å². The van der Waals surface area contributed by atoms with Crippen LogP contribution in [0.1, 0.15) is 22.8 Å². The third-order valence-corrected chi connectivity index (χ3v) is 3.31. The van der Waals surface area contributed by atoms with Gasteiger partial charge in [0, 0.05) is 10.7 Å². The Morgan fingerprint density at radius 2 is 2.07 bits per heavy atom. The van der Waals surface area contributed by atoms with E-state index in [-0.39, 0.29) is 10.5 Å². The SMILES string of the molecule is CCc1ccc(C(=O)O)c(S(=O)(=O)Cl)c1. The summed E-state index contributed by atoms with van der Waals surface area (Å²) in [6, 6.07) is 4.09. The minimum Gasteiger partial charge on any atom is -0.478 e. The van der Waals surface area contributed by atoms with Gasteiger partial charge >= 0.3 is 5.97 Å². The second kappa shape index (κ2) is 4.20. The van der Waals surface area contributed by atoms with Crippen LogP contribution in [0.5, 0.6) is 0 Å². The van der Waals surface area contributed by atoms with Crippen molar-refractivity contribution in [2.75, 3.05) is 0 Å². The Labute approximate surface area is 91.9 Å². The van der Waals surface area contributed by atoms with Crippen molar-refractivity contribution in [1.82, 2.24) is 0 Å². The number of benzene rings is 1. The van der Waals surface area contributed by atoms with Gasteiger partial charge in [0.2, 0.25) is 0 Å². The van der Waals surface area contributed by atoms with Gasteiger partial charge in [-0.3, -0.25) is 0 Å². The average Bonchev–Trinajstić information content (AvgIpc) is 2.15. The number of hydrogen-bond donors (Lipinski definition) is 1. The zero-order chi connectivity index (χ0) is 11.6. The molecule has 0 amide bonds. The van der Waals surface area contributed by atoms with Crippen molar-refractivity contribution in [2.45, 2.75) is 18.2 Å². The highest BCUT2D eigenvalue weighted by Crippen LogP contribution is 2.22. The number of halogens is 1. The maximum absolute atomic E-state index is 11.1. The van der Waals surface area contributed by atoms with Crippen molar-refractivity contribution in [1.29, 1.82) is 0 Å². The van der Waals surface area contributed by atoms with E-state index in [1.54, 1.807) is 6.07 Å². The molecule has 0 saturated heterocycles. The van der Waals surface area contributed by atoms with E-state index >= 15 is 0 Å². The molecule has 1 N–H and O–H groups in total. The molecule has 0 fully saturated rings. The maximum atomic E-state index is 11.1. The van der Waals surface area contributed by atoms with Gasteiger partial charge in [0.15, 0.2) is 0 Å². The van der Waals surface area contributed by atoms with Crippen LogP contribution in [-0.2, 0) is 15.5 Å². The van der Waals surface area contributed by atoms with Crippen molar-refractivity contribution in [3.8, 4) is 0 Å². The lowest BCUT2D eigenvalue weighted by Crippen LogP contribution is -2.05. The van der Waals surface area contributed by atoms with Crippen molar-refractivity contribution < 1.29 is 18.3 Å². The number of carboxylic acid groups (broad SMARTS) is 1. The predicted octanol–water partition coefficient (Wildman–Crippen LogP) is 1.87. The molecule has 0 aromatic heterocycles. The Morgan fingerprint density at radius 3 is 2.47 bits per heavy atom. The second-order valence-electron chi connectivity index (χ2n) is 2.93. The third-order valence-electron chi connectivity index (χ3n) is 1.95. The summed E-state index contributed by atoms with van der Waals surface area (Å²) < 4.78 is 22.3. The molecule has 0 radical (unpaired) electrons. The van der Waals surface area contributed by atoms with Gasteiger partial charge in [0.05, 0.1) is 10.5 Å². The molecule has 6 heteroatoms. The first-order valence-electron chi connectivity index (χ1n) is 4.17. The van der Waals surface area contributed by atoms with E-state index in [2.05, 4.69) is 0 Å². The number of carbonyl (C=O) groups is 1. The van der Waals surface area contributed by atoms with Crippen LogP contribution in [0.2, 0.25) is 0 Å². The van der Waals surface area contributed by atoms with Gasteiger partial charge in [-0.25, -0.2) is 13.2 Å². The summed E-state index contributed by atoms with van der Waals surface area (Å²) in [7, 11) is 1.13. The standard InChI is InChI=1S/C9H9ClO4S/c1-2-6-3-4-7(9(11)12)8(5-6)15(10,13)14/h3-5H,2H2,1H3,(H,11,12). The molecule has 1 rings (SSSR count). The largest absolute Gasteiger partial charge is 0.478 e. The first-order chi connectivity index (χ1) is 6.86. The van der Waals surface area contributed by atoms with Gasteiger partial charge < -0.3 is 5.11 Å².